The second-order valence-electron chi connectivity index (χ2n) is 6.89. The highest BCUT2D eigenvalue weighted by molar-refractivity contribution is 6.16. The van der Waals surface area contributed by atoms with Gasteiger partial charge < -0.3 is 14.1 Å². The second kappa shape index (κ2) is 6.95. The minimum atomic E-state index is -0.497. The lowest BCUT2D eigenvalue weighted by Crippen LogP contribution is -2.35. The Balaban J connectivity index is 1.64. The number of aromatic nitrogens is 4. The molecule has 0 bridgehead atoms. The number of carbonyl (C=O) groups excluding carboxylic acids is 1. The van der Waals surface area contributed by atoms with Crippen LogP contribution in [0, 0.1) is 0 Å². The van der Waals surface area contributed by atoms with Crippen LogP contribution in [0.3, 0.4) is 0 Å². The molecule has 25 heavy (non-hydrogen) atoms. The molecule has 1 fully saturated rings. The maximum atomic E-state index is 12.1. The number of amides is 1. The largest absolute Gasteiger partial charge is 0.444 e. The van der Waals surface area contributed by atoms with E-state index in [1.807, 2.05) is 26.8 Å². The zero-order chi connectivity index (χ0) is 18.0. The van der Waals surface area contributed by atoms with Crippen molar-refractivity contribution in [2.45, 2.75) is 44.6 Å². The van der Waals surface area contributed by atoms with Crippen LogP contribution in [0.5, 0.6) is 0 Å². The van der Waals surface area contributed by atoms with E-state index in [1.165, 1.54) is 0 Å². The summed E-state index contributed by atoms with van der Waals surface area (Å²) in [5.41, 5.74) is 0.823. The van der Waals surface area contributed by atoms with E-state index in [0.29, 0.717) is 24.7 Å². The molecule has 1 unspecified atom stereocenters. The average molecular weight is 366 g/mol. The number of likely N-dealkylation sites (tertiary alicyclic amines) is 1. The number of carbonyl (C=O) groups is 1. The molecule has 9 heteroatoms. The first-order valence-corrected chi connectivity index (χ1v) is 8.59. The number of hydrogen-bond acceptors (Lipinski definition) is 7. The molecule has 0 spiro atoms. The van der Waals surface area contributed by atoms with Crippen molar-refractivity contribution in [3.63, 3.8) is 0 Å². The van der Waals surface area contributed by atoms with Gasteiger partial charge in [-0.05, 0) is 39.3 Å². The third kappa shape index (κ3) is 4.25. The van der Waals surface area contributed by atoms with Crippen LogP contribution in [-0.2, 0) is 10.6 Å². The lowest BCUT2D eigenvalue weighted by atomic mass is 10.0. The van der Waals surface area contributed by atoms with Gasteiger partial charge in [0.05, 0.1) is 5.69 Å². The van der Waals surface area contributed by atoms with Gasteiger partial charge in [-0.1, -0.05) is 0 Å². The summed E-state index contributed by atoms with van der Waals surface area (Å²) in [6.45, 7) is 6.78. The Bertz CT molecular complexity index is 741. The van der Waals surface area contributed by atoms with Gasteiger partial charge >= 0.3 is 6.09 Å². The van der Waals surface area contributed by atoms with E-state index in [9.17, 15) is 4.79 Å². The Morgan fingerprint density at radius 2 is 2.12 bits per heavy atom. The van der Waals surface area contributed by atoms with Gasteiger partial charge in [0, 0.05) is 19.0 Å². The Morgan fingerprint density at radius 3 is 2.72 bits per heavy atom. The molecule has 3 rings (SSSR count). The fourth-order valence-electron chi connectivity index (χ4n) is 2.58. The van der Waals surface area contributed by atoms with Gasteiger partial charge in [0.1, 0.15) is 17.2 Å². The number of nitrogens with zero attached hydrogens (tertiary/aromatic N) is 5. The summed E-state index contributed by atoms with van der Waals surface area (Å²) in [5.74, 6) is 0.916. The van der Waals surface area contributed by atoms with Crippen LogP contribution in [0.4, 0.5) is 4.79 Å². The van der Waals surface area contributed by atoms with E-state index in [2.05, 4.69) is 20.4 Å². The average Bonchev–Trinajstić information content (AvgIpc) is 3.23. The number of rotatable bonds is 3. The van der Waals surface area contributed by atoms with Crippen LogP contribution in [0.1, 0.15) is 44.7 Å². The van der Waals surface area contributed by atoms with Crippen molar-refractivity contribution in [2.75, 3.05) is 13.1 Å². The minimum absolute atomic E-state index is 0.134. The first-order chi connectivity index (χ1) is 11.9. The van der Waals surface area contributed by atoms with Crippen molar-refractivity contribution < 1.29 is 13.9 Å². The summed E-state index contributed by atoms with van der Waals surface area (Å²) < 4.78 is 10.8. The molecule has 1 amide bonds. The Hall–Kier alpha value is -2.22. The number of halogens is 1. The molecule has 8 nitrogen and oxygen atoms in total. The van der Waals surface area contributed by atoms with Gasteiger partial charge in [-0.15, -0.1) is 26.9 Å². The predicted molar refractivity (Wildman–Crippen MR) is 90.0 cm³/mol. The SMILES string of the molecule is CC(C)(C)OC(=O)N1CCC(c2ccc(-c3nnc(CCl)o3)nn2)C1. The lowest BCUT2D eigenvalue weighted by Gasteiger charge is -2.24. The Labute approximate surface area is 150 Å². The monoisotopic (exact) mass is 365 g/mol. The highest BCUT2D eigenvalue weighted by atomic mass is 35.5. The molecule has 2 aromatic rings. The van der Waals surface area contributed by atoms with Crippen molar-refractivity contribution in [2.24, 2.45) is 0 Å². The molecule has 3 heterocycles. The fourth-order valence-corrected chi connectivity index (χ4v) is 2.69. The highest BCUT2D eigenvalue weighted by Gasteiger charge is 2.31. The lowest BCUT2D eigenvalue weighted by molar-refractivity contribution is 0.0292. The maximum absolute atomic E-state index is 12.1. The van der Waals surface area contributed by atoms with Gasteiger partial charge in [-0.3, -0.25) is 0 Å². The van der Waals surface area contributed by atoms with Crippen molar-refractivity contribution >= 4 is 17.7 Å². The van der Waals surface area contributed by atoms with Crippen LogP contribution < -0.4 is 0 Å². The molecule has 2 aromatic heterocycles. The summed E-state index contributed by atoms with van der Waals surface area (Å²) in [6.07, 6.45) is 0.531. The Kier molecular flexibility index (Phi) is 4.89. The van der Waals surface area contributed by atoms with Gasteiger partial charge in [0.2, 0.25) is 5.89 Å². The van der Waals surface area contributed by atoms with Crippen LogP contribution in [0.15, 0.2) is 16.5 Å². The zero-order valence-corrected chi connectivity index (χ0v) is 15.2. The summed E-state index contributed by atoms with van der Waals surface area (Å²) in [4.78, 5) is 13.8. The summed E-state index contributed by atoms with van der Waals surface area (Å²) in [7, 11) is 0. The molecule has 1 atom stereocenters. The smallest absolute Gasteiger partial charge is 0.410 e. The van der Waals surface area contributed by atoms with Gasteiger partial charge in [0.25, 0.3) is 5.89 Å². The van der Waals surface area contributed by atoms with Crippen LogP contribution in [0.25, 0.3) is 11.6 Å². The zero-order valence-electron chi connectivity index (χ0n) is 14.4. The highest BCUT2D eigenvalue weighted by Crippen LogP contribution is 2.27. The molecule has 0 aliphatic carbocycles. The van der Waals surface area contributed by atoms with Crippen molar-refractivity contribution in [1.82, 2.24) is 25.3 Å². The molecule has 0 aromatic carbocycles. The van der Waals surface area contributed by atoms with Crippen LogP contribution in [-0.4, -0.2) is 50.1 Å². The van der Waals surface area contributed by atoms with Gasteiger partial charge in [-0.25, -0.2) is 4.79 Å². The summed E-state index contributed by atoms with van der Waals surface area (Å²) >= 11 is 5.64. The maximum Gasteiger partial charge on any atom is 0.410 e. The molecular weight excluding hydrogens is 346 g/mol. The fraction of sp³-hybridized carbons (Fsp3) is 0.562. The van der Waals surface area contributed by atoms with E-state index in [-0.39, 0.29) is 23.8 Å². The predicted octanol–water partition coefficient (Wildman–Crippen LogP) is 2.99. The normalized spacial score (nSPS) is 17.8. The third-order valence-corrected chi connectivity index (χ3v) is 3.97. The number of ether oxygens (including phenoxy) is 1. The van der Waals surface area contributed by atoms with E-state index in [4.69, 9.17) is 20.8 Å². The molecule has 1 aliphatic heterocycles. The Morgan fingerprint density at radius 1 is 1.32 bits per heavy atom. The number of hydrogen-bond donors (Lipinski definition) is 0. The summed E-state index contributed by atoms with van der Waals surface area (Å²) in [6, 6.07) is 3.65. The van der Waals surface area contributed by atoms with E-state index < -0.39 is 5.60 Å². The second-order valence-corrected chi connectivity index (χ2v) is 7.16. The molecule has 1 aliphatic rings. The van der Waals surface area contributed by atoms with E-state index >= 15 is 0 Å². The van der Waals surface area contributed by atoms with Crippen LogP contribution >= 0.6 is 11.6 Å². The minimum Gasteiger partial charge on any atom is -0.444 e. The van der Waals surface area contributed by atoms with Gasteiger partial charge in [0.15, 0.2) is 0 Å². The molecule has 0 saturated carbocycles. The first-order valence-electron chi connectivity index (χ1n) is 8.06. The molecule has 134 valence electrons. The standard InChI is InChI=1S/C16H20ClN5O3/c1-16(2,3)25-15(23)22-7-6-10(9-22)11-4-5-12(19-18-11)14-21-20-13(8-17)24-14/h4-5,10H,6-9H2,1-3H3. The van der Waals surface area contributed by atoms with Crippen molar-refractivity contribution in [1.29, 1.82) is 0 Å². The van der Waals surface area contributed by atoms with E-state index in [1.54, 1.807) is 11.0 Å². The van der Waals surface area contributed by atoms with E-state index in [0.717, 1.165) is 12.1 Å². The van der Waals surface area contributed by atoms with Crippen LogP contribution in [0.2, 0.25) is 0 Å². The molecule has 0 radical (unpaired) electrons. The summed E-state index contributed by atoms with van der Waals surface area (Å²) in [5, 5.41) is 16.1. The van der Waals surface area contributed by atoms with Crippen molar-refractivity contribution in [3.8, 4) is 11.6 Å². The number of alkyl halides is 1. The van der Waals surface area contributed by atoms with Gasteiger partial charge in [-0.2, -0.15) is 5.10 Å². The third-order valence-electron chi connectivity index (χ3n) is 3.74. The van der Waals surface area contributed by atoms with Crippen molar-refractivity contribution in [3.05, 3.63) is 23.7 Å². The quantitative estimate of drug-likeness (QED) is 0.771. The molecular formula is C16H20ClN5O3. The molecule has 0 N–H and O–H groups in total. The molecule has 1 saturated heterocycles. The first kappa shape index (κ1) is 17.6. The topological polar surface area (TPSA) is 94.2 Å².